The molecule has 0 unspecified atom stereocenters. The van der Waals surface area contributed by atoms with E-state index in [1.807, 2.05) is 12.1 Å². The van der Waals surface area contributed by atoms with Crippen LogP contribution in [-0.2, 0) is 0 Å². The second kappa shape index (κ2) is 7.62. The molecule has 1 aliphatic rings. The van der Waals surface area contributed by atoms with Crippen molar-refractivity contribution in [2.75, 3.05) is 5.32 Å². The standard InChI is InChI=1S/C20H28N2O/c1-4-9-17-16(15-10-7-8-11-18(15)22-17)14-19(21)20(23,12-5-2)13-6-3/h4-8,10-11,16-17,19,22-23H,1-3,9,12-14,21H2/t16-,17+,19-/m1/s1. The molecule has 0 aliphatic carbocycles. The topological polar surface area (TPSA) is 58.3 Å². The monoisotopic (exact) mass is 312 g/mol. The number of rotatable bonds is 9. The van der Waals surface area contributed by atoms with Gasteiger partial charge in [0.05, 0.1) is 5.60 Å². The Balaban J connectivity index is 2.22. The fraction of sp³-hybridized carbons (Fsp3) is 0.400. The first-order valence-electron chi connectivity index (χ1n) is 8.21. The second-order valence-electron chi connectivity index (χ2n) is 6.40. The van der Waals surface area contributed by atoms with Gasteiger partial charge in [-0.1, -0.05) is 36.4 Å². The molecular formula is C20H28N2O. The largest absolute Gasteiger partial charge is 0.388 e. The summed E-state index contributed by atoms with van der Waals surface area (Å²) in [6, 6.07) is 8.25. The highest BCUT2D eigenvalue weighted by Gasteiger charge is 2.38. The summed E-state index contributed by atoms with van der Waals surface area (Å²) in [5, 5.41) is 14.5. The van der Waals surface area contributed by atoms with E-state index in [9.17, 15) is 5.11 Å². The van der Waals surface area contributed by atoms with Crippen molar-refractivity contribution in [3.05, 3.63) is 67.8 Å². The van der Waals surface area contributed by atoms with Crippen molar-refractivity contribution < 1.29 is 5.11 Å². The lowest BCUT2D eigenvalue weighted by molar-refractivity contribution is 0.0146. The van der Waals surface area contributed by atoms with Gasteiger partial charge in [-0.25, -0.2) is 0 Å². The maximum Gasteiger partial charge on any atom is 0.0866 e. The van der Waals surface area contributed by atoms with Crippen LogP contribution in [0.2, 0.25) is 0 Å². The van der Waals surface area contributed by atoms with E-state index in [-0.39, 0.29) is 18.0 Å². The van der Waals surface area contributed by atoms with Crippen LogP contribution in [0.15, 0.2) is 62.2 Å². The van der Waals surface area contributed by atoms with E-state index in [4.69, 9.17) is 5.73 Å². The Morgan fingerprint density at radius 3 is 2.43 bits per heavy atom. The molecule has 1 aliphatic heterocycles. The summed E-state index contributed by atoms with van der Waals surface area (Å²) in [7, 11) is 0. The molecule has 3 nitrogen and oxygen atoms in total. The average molecular weight is 312 g/mol. The van der Waals surface area contributed by atoms with Crippen molar-refractivity contribution in [2.24, 2.45) is 5.73 Å². The highest BCUT2D eigenvalue weighted by molar-refractivity contribution is 5.59. The summed E-state index contributed by atoms with van der Waals surface area (Å²) in [6.45, 7) is 11.4. The molecule has 0 saturated heterocycles. The zero-order valence-electron chi connectivity index (χ0n) is 13.7. The number of hydrogen-bond acceptors (Lipinski definition) is 3. The molecule has 0 aromatic heterocycles. The Kier molecular flexibility index (Phi) is 5.80. The van der Waals surface area contributed by atoms with Crippen LogP contribution < -0.4 is 11.1 Å². The van der Waals surface area contributed by atoms with Gasteiger partial charge in [-0.15, -0.1) is 19.7 Å². The van der Waals surface area contributed by atoms with E-state index >= 15 is 0 Å². The molecule has 0 amide bonds. The normalized spacial score (nSPS) is 21.1. The van der Waals surface area contributed by atoms with Crippen LogP contribution in [0.3, 0.4) is 0 Å². The van der Waals surface area contributed by atoms with Gasteiger partial charge in [-0.05, 0) is 37.3 Å². The van der Waals surface area contributed by atoms with Gasteiger partial charge < -0.3 is 16.2 Å². The molecule has 0 saturated carbocycles. The number of benzene rings is 1. The number of nitrogens with one attached hydrogen (secondary N) is 1. The van der Waals surface area contributed by atoms with Crippen molar-refractivity contribution >= 4 is 5.69 Å². The molecule has 1 heterocycles. The smallest absolute Gasteiger partial charge is 0.0866 e. The summed E-state index contributed by atoms with van der Waals surface area (Å²) >= 11 is 0. The van der Waals surface area contributed by atoms with Gasteiger partial charge in [0.25, 0.3) is 0 Å². The van der Waals surface area contributed by atoms with Gasteiger partial charge in [0.2, 0.25) is 0 Å². The molecule has 1 aromatic rings. The number of nitrogens with two attached hydrogens (primary N) is 1. The number of para-hydroxylation sites is 1. The summed E-state index contributed by atoms with van der Waals surface area (Å²) in [5.74, 6) is 0.264. The molecule has 124 valence electrons. The second-order valence-corrected chi connectivity index (χ2v) is 6.40. The van der Waals surface area contributed by atoms with E-state index in [2.05, 4.69) is 43.3 Å². The van der Waals surface area contributed by atoms with Crippen molar-refractivity contribution in [1.29, 1.82) is 0 Å². The van der Waals surface area contributed by atoms with E-state index in [1.165, 1.54) is 5.56 Å². The molecule has 0 fully saturated rings. The van der Waals surface area contributed by atoms with E-state index in [1.54, 1.807) is 12.2 Å². The van der Waals surface area contributed by atoms with Crippen LogP contribution >= 0.6 is 0 Å². The van der Waals surface area contributed by atoms with E-state index in [0.29, 0.717) is 19.3 Å². The van der Waals surface area contributed by atoms with Gasteiger partial charge in [-0.2, -0.15) is 0 Å². The number of fused-ring (bicyclic) bond motifs is 1. The molecule has 3 atom stereocenters. The first kappa shape index (κ1) is 17.5. The third-order valence-corrected chi connectivity index (χ3v) is 4.80. The molecule has 2 rings (SSSR count). The predicted molar refractivity (Wildman–Crippen MR) is 98.6 cm³/mol. The van der Waals surface area contributed by atoms with E-state index < -0.39 is 5.60 Å². The minimum atomic E-state index is -0.986. The summed E-state index contributed by atoms with van der Waals surface area (Å²) in [4.78, 5) is 0. The van der Waals surface area contributed by atoms with Crippen molar-refractivity contribution in [3.63, 3.8) is 0 Å². The molecule has 0 bridgehead atoms. The van der Waals surface area contributed by atoms with Gasteiger partial charge in [0.15, 0.2) is 0 Å². The maximum atomic E-state index is 10.9. The number of anilines is 1. The zero-order valence-corrected chi connectivity index (χ0v) is 13.7. The molecule has 0 radical (unpaired) electrons. The SMILES string of the molecule is C=CC[C@@H]1Nc2ccccc2[C@H]1C[C@@H](N)C(O)(CC=C)CC=C. The highest BCUT2D eigenvalue weighted by Crippen LogP contribution is 2.41. The fourth-order valence-electron chi connectivity index (χ4n) is 3.54. The molecular weight excluding hydrogens is 284 g/mol. The Labute approximate surface area is 139 Å². The summed E-state index contributed by atoms with van der Waals surface area (Å²) in [6.07, 6.45) is 7.90. The van der Waals surface area contributed by atoms with Crippen LogP contribution in [0.4, 0.5) is 5.69 Å². The Bertz CT molecular complexity index is 557. The predicted octanol–water partition coefficient (Wildman–Crippen LogP) is 3.74. The van der Waals surface area contributed by atoms with Gasteiger partial charge in [0, 0.05) is 23.7 Å². The Hall–Kier alpha value is -1.84. The quantitative estimate of drug-likeness (QED) is 0.609. The molecule has 3 heteroatoms. The number of hydrogen-bond donors (Lipinski definition) is 3. The van der Waals surface area contributed by atoms with Crippen LogP contribution in [0, 0.1) is 0 Å². The molecule has 0 spiro atoms. The Morgan fingerprint density at radius 2 is 1.83 bits per heavy atom. The van der Waals surface area contributed by atoms with Crippen molar-refractivity contribution in [2.45, 2.75) is 49.3 Å². The minimum Gasteiger partial charge on any atom is -0.388 e. The van der Waals surface area contributed by atoms with Crippen LogP contribution in [0.5, 0.6) is 0 Å². The van der Waals surface area contributed by atoms with Gasteiger partial charge in [-0.3, -0.25) is 0 Å². The highest BCUT2D eigenvalue weighted by atomic mass is 16.3. The number of aliphatic hydroxyl groups is 1. The molecule has 1 aromatic carbocycles. The Morgan fingerprint density at radius 1 is 1.17 bits per heavy atom. The molecule has 4 N–H and O–H groups in total. The van der Waals surface area contributed by atoms with Crippen LogP contribution in [0.25, 0.3) is 0 Å². The lowest BCUT2D eigenvalue weighted by atomic mass is 9.79. The maximum absolute atomic E-state index is 10.9. The van der Waals surface area contributed by atoms with Gasteiger partial charge >= 0.3 is 0 Å². The summed E-state index contributed by atoms with van der Waals surface area (Å²) < 4.78 is 0. The van der Waals surface area contributed by atoms with E-state index in [0.717, 1.165) is 12.1 Å². The minimum absolute atomic E-state index is 0.264. The van der Waals surface area contributed by atoms with Crippen LogP contribution in [-0.4, -0.2) is 22.8 Å². The first-order valence-corrected chi connectivity index (χ1v) is 8.21. The fourth-order valence-corrected chi connectivity index (χ4v) is 3.54. The summed E-state index contributed by atoms with van der Waals surface area (Å²) in [5.41, 5.74) is 7.87. The third kappa shape index (κ3) is 3.74. The third-order valence-electron chi connectivity index (χ3n) is 4.80. The first-order chi connectivity index (χ1) is 11.1. The van der Waals surface area contributed by atoms with Gasteiger partial charge in [0.1, 0.15) is 0 Å². The van der Waals surface area contributed by atoms with Crippen molar-refractivity contribution in [3.8, 4) is 0 Å². The van der Waals surface area contributed by atoms with Crippen LogP contribution in [0.1, 0.15) is 37.2 Å². The molecule has 23 heavy (non-hydrogen) atoms. The lowest BCUT2D eigenvalue weighted by Crippen LogP contribution is -2.48. The van der Waals surface area contributed by atoms with Crippen molar-refractivity contribution in [1.82, 2.24) is 0 Å². The average Bonchev–Trinajstić information content (AvgIpc) is 2.86. The zero-order chi connectivity index (χ0) is 16.9. The lowest BCUT2D eigenvalue weighted by Gasteiger charge is -2.35.